The lowest BCUT2D eigenvalue weighted by molar-refractivity contribution is -0.143. The maximum atomic E-state index is 15.1. The molecule has 1 aliphatic rings. The lowest BCUT2D eigenvalue weighted by atomic mass is 9.99. The van der Waals surface area contributed by atoms with Gasteiger partial charge in [-0.3, -0.25) is 4.79 Å². The molecule has 2 aromatic carbocycles. The minimum absolute atomic E-state index is 0.0505. The van der Waals surface area contributed by atoms with Crippen molar-refractivity contribution in [3.05, 3.63) is 81.9 Å². The highest BCUT2D eigenvalue weighted by Gasteiger charge is 2.45. The Balaban J connectivity index is 2.00. The molecule has 0 bridgehead atoms. The van der Waals surface area contributed by atoms with Crippen LogP contribution in [0.25, 0.3) is 11.1 Å². The highest BCUT2D eigenvalue weighted by molar-refractivity contribution is 7.92. The molecule has 0 saturated carbocycles. The van der Waals surface area contributed by atoms with E-state index in [1.807, 2.05) is 0 Å². The molecule has 0 atom stereocenters. The Kier molecular flexibility index (Phi) is 6.96. The van der Waals surface area contributed by atoms with Crippen molar-refractivity contribution in [3.63, 3.8) is 0 Å². The summed E-state index contributed by atoms with van der Waals surface area (Å²) in [6.07, 6.45) is -4.86. The van der Waals surface area contributed by atoms with Crippen LogP contribution in [0.4, 0.5) is 17.6 Å². The predicted octanol–water partition coefficient (Wildman–Crippen LogP) is 5.97. The van der Waals surface area contributed by atoms with Crippen LogP contribution < -0.4 is 0 Å². The van der Waals surface area contributed by atoms with Gasteiger partial charge in [-0.05, 0) is 50.1 Å². The van der Waals surface area contributed by atoms with E-state index in [4.69, 9.17) is 11.6 Å². The Bertz CT molecular complexity index is 1470. The Morgan fingerprint density at radius 2 is 1.76 bits per heavy atom. The van der Waals surface area contributed by atoms with E-state index in [1.165, 1.54) is 37.8 Å². The monoisotopic (exact) mass is 556 g/mol. The number of carbonyl (C=O) groups excluding carboxylic acids is 1. The van der Waals surface area contributed by atoms with E-state index in [-0.39, 0.29) is 52.8 Å². The molecule has 1 fully saturated rings. The van der Waals surface area contributed by atoms with Crippen molar-refractivity contribution >= 4 is 27.3 Å². The highest BCUT2D eigenvalue weighted by atomic mass is 35.5. The van der Waals surface area contributed by atoms with Gasteiger partial charge in [-0.25, -0.2) is 12.8 Å². The first kappa shape index (κ1) is 27.2. The summed E-state index contributed by atoms with van der Waals surface area (Å²) in [7, 11) is -3.52. The average molecular weight is 557 g/mol. The quantitative estimate of drug-likeness (QED) is 0.372. The van der Waals surface area contributed by atoms with Crippen molar-refractivity contribution < 1.29 is 30.8 Å². The number of rotatable bonds is 4. The molecule has 198 valence electrons. The Morgan fingerprint density at radius 3 is 2.32 bits per heavy atom. The molecule has 4 rings (SSSR count). The van der Waals surface area contributed by atoms with Gasteiger partial charge < -0.3 is 9.47 Å². The SMILES string of the molecule is Cc1c(-c2ccc(Cl)cc2F)c(C(=O)N2CCS(=O)(=O)C(C)(C)C2)n(Cc2ccccc2)c1C(F)(F)F. The van der Waals surface area contributed by atoms with Crippen LogP contribution >= 0.6 is 11.6 Å². The van der Waals surface area contributed by atoms with Gasteiger partial charge in [-0.15, -0.1) is 0 Å². The third kappa shape index (κ3) is 5.01. The largest absolute Gasteiger partial charge is 0.431 e. The van der Waals surface area contributed by atoms with E-state index in [0.717, 1.165) is 10.6 Å². The summed E-state index contributed by atoms with van der Waals surface area (Å²) < 4.78 is 83.1. The lowest BCUT2D eigenvalue weighted by Crippen LogP contribution is -2.54. The van der Waals surface area contributed by atoms with Gasteiger partial charge >= 0.3 is 6.18 Å². The summed E-state index contributed by atoms with van der Waals surface area (Å²) in [5.41, 5.74) is -1.64. The van der Waals surface area contributed by atoms with Crippen LogP contribution in [0.1, 0.15) is 41.2 Å². The second-order valence-corrected chi connectivity index (χ2v) is 12.9. The van der Waals surface area contributed by atoms with Gasteiger partial charge in [-0.2, -0.15) is 13.2 Å². The van der Waals surface area contributed by atoms with Crippen molar-refractivity contribution in [1.82, 2.24) is 9.47 Å². The number of alkyl halides is 3. The molecule has 11 heteroatoms. The molecule has 1 amide bonds. The van der Waals surface area contributed by atoms with Crippen molar-refractivity contribution in [1.29, 1.82) is 0 Å². The van der Waals surface area contributed by atoms with Crippen LogP contribution in [0, 0.1) is 12.7 Å². The van der Waals surface area contributed by atoms with Gasteiger partial charge in [-0.1, -0.05) is 41.9 Å². The van der Waals surface area contributed by atoms with E-state index in [2.05, 4.69) is 0 Å². The first-order valence-corrected chi connectivity index (χ1v) is 13.5. The fourth-order valence-electron chi connectivity index (χ4n) is 4.75. The number of hydrogen-bond donors (Lipinski definition) is 0. The predicted molar refractivity (Wildman–Crippen MR) is 134 cm³/mol. The normalized spacial score (nSPS) is 17.1. The second-order valence-electron chi connectivity index (χ2n) is 9.70. The van der Waals surface area contributed by atoms with Crippen molar-refractivity contribution in [2.24, 2.45) is 0 Å². The average Bonchev–Trinajstić information content (AvgIpc) is 3.07. The zero-order chi connectivity index (χ0) is 27.3. The lowest BCUT2D eigenvalue weighted by Gasteiger charge is -2.38. The van der Waals surface area contributed by atoms with E-state index < -0.39 is 38.2 Å². The number of hydrogen-bond acceptors (Lipinski definition) is 3. The number of aromatic nitrogens is 1. The van der Waals surface area contributed by atoms with Gasteiger partial charge in [0.2, 0.25) is 0 Å². The van der Waals surface area contributed by atoms with Crippen LogP contribution in [0.3, 0.4) is 0 Å². The number of halogens is 5. The highest BCUT2D eigenvalue weighted by Crippen LogP contribution is 2.43. The maximum Gasteiger partial charge on any atom is 0.431 e. The third-order valence-electron chi connectivity index (χ3n) is 6.69. The smallest absolute Gasteiger partial charge is 0.335 e. The summed E-state index contributed by atoms with van der Waals surface area (Å²) in [6, 6.07) is 11.9. The molecule has 1 saturated heterocycles. The summed E-state index contributed by atoms with van der Waals surface area (Å²) in [5.74, 6) is -2.01. The number of sulfone groups is 1. The summed E-state index contributed by atoms with van der Waals surface area (Å²) in [6.45, 7) is 3.43. The molecule has 1 aromatic heterocycles. The topological polar surface area (TPSA) is 59.4 Å². The van der Waals surface area contributed by atoms with Gasteiger partial charge in [0.1, 0.15) is 17.2 Å². The van der Waals surface area contributed by atoms with E-state index in [9.17, 15) is 26.4 Å². The Morgan fingerprint density at radius 1 is 1.11 bits per heavy atom. The molecule has 37 heavy (non-hydrogen) atoms. The standard InChI is InChI=1S/C26H25ClF4N2O3S/c1-16-21(19-10-9-18(27)13-20(19)28)22(24(34)32-11-12-37(35,36)25(2,3)15-32)33(23(16)26(29,30)31)14-17-7-5-4-6-8-17/h4-10,13H,11-12,14-15H2,1-3H3. The zero-order valence-corrected chi connectivity index (χ0v) is 21.9. The Labute approximate surface area is 217 Å². The second kappa shape index (κ2) is 9.47. The number of nitrogens with zero attached hydrogens (tertiary/aromatic N) is 2. The van der Waals surface area contributed by atoms with Crippen molar-refractivity contribution in [3.8, 4) is 11.1 Å². The summed E-state index contributed by atoms with van der Waals surface area (Å²) in [5, 5.41) is 0.0505. The molecule has 0 unspecified atom stereocenters. The van der Waals surface area contributed by atoms with Crippen LogP contribution in [-0.2, 0) is 22.6 Å². The minimum atomic E-state index is -4.86. The van der Waals surface area contributed by atoms with Crippen molar-refractivity contribution in [2.75, 3.05) is 18.8 Å². The minimum Gasteiger partial charge on any atom is -0.335 e. The Hall–Kier alpha value is -2.85. The van der Waals surface area contributed by atoms with E-state index in [0.29, 0.717) is 5.56 Å². The van der Waals surface area contributed by atoms with Crippen LogP contribution in [0.15, 0.2) is 48.5 Å². The molecule has 1 aliphatic heterocycles. The van der Waals surface area contributed by atoms with E-state index >= 15 is 4.39 Å². The van der Waals surface area contributed by atoms with Crippen molar-refractivity contribution in [2.45, 2.75) is 38.2 Å². The number of benzene rings is 2. The first-order valence-electron chi connectivity index (χ1n) is 11.5. The molecule has 0 radical (unpaired) electrons. The molecule has 2 heterocycles. The fraction of sp³-hybridized carbons (Fsp3) is 0.346. The van der Waals surface area contributed by atoms with E-state index in [1.54, 1.807) is 30.3 Å². The molecule has 5 nitrogen and oxygen atoms in total. The number of amides is 1. The maximum absolute atomic E-state index is 15.1. The van der Waals surface area contributed by atoms with Crippen LogP contribution in [0.2, 0.25) is 5.02 Å². The van der Waals surface area contributed by atoms with Crippen LogP contribution in [0.5, 0.6) is 0 Å². The van der Waals surface area contributed by atoms with Gasteiger partial charge in [0, 0.05) is 35.8 Å². The molecule has 3 aromatic rings. The van der Waals surface area contributed by atoms with Crippen LogP contribution in [-0.4, -0.2) is 47.4 Å². The first-order chi connectivity index (χ1) is 17.1. The number of carbonyl (C=O) groups is 1. The third-order valence-corrected chi connectivity index (χ3v) is 9.46. The van der Waals surface area contributed by atoms with Gasteiger partial charge in [0.15, 0.2) is 9.84 Å². The molecule has 0 aliphatic carbocycles. The molecular formula is C26H25ClF4N2O3S. The zero-order valence-electron chi connectivity index (χ0n) is 20.4. The van der Waals surface area contributed by atoms with Gasteiger partial charge in [0.25, 0.3) is 5.91 Å². The molecular weight excluding hydrogens is 532 g/mol. The summed E-state index contributed by atoms with van der Waals surface area (Å²) >= 11 is 5.89. The van der Waals surface area contributed by atoms with Gasteiger partial charge in [0.05, 0.1) is 10.5 Å². The summed E-state index contributed by atoms with van der Waals surface area (Å²) in [4.78, 5) is 15.2. The molecule has 0 spiro atoms. The molecule has 0 N–H and O–H groups in total. The fourth-order valence-corrected chi connectivity index (χ4v) is 6.27.